The minimum Gasteiger partial charge on any atom is -0.316 e. The molecule has 1 rings (SSSR count). The molecule has 0 aliphatic carbocycles. The summed E-state index contributed by atoms with van der Waals surface area (Å²) in [5.41, 5.74) is 0. The molecule has 66 valence electrons. The van der Waals surface area contributed by atoms with Gasteiger partial charge in [0, 0.05) is 6.42 Å². The second-order valence-electron chi connectivity index (χ2n) is 2.54. The quantitative estimate of drug-likeness (QED) is 0.782. The van der Waals surface area contributed by atoms with E-state index in [1.54, 1.807) is 6.20 Å². The maximum atomic E-state index is 11.1. The fraction of sp³-hybridized carbons (Fsp3) is 0.500. The molecule has 0 fully saturated rings. The number of nitrogens with zero attached hydrogens (tertiary/aromatic N) is 1. The van der Waals surface area contributed by atoms with Crippen molar-refractivity contribution in [3.05, 3.63) is 11.2 Å². The Labute approximate surface area is 75.8 Å². The average Bonchev–Trinajstić information content (AvgIpc) is 2.36. The number of carbonyl (C=O) groups excluding carboxylic acids is 1. The molecule has 0 aliphatic heterocycles. The van der Waals surface area contributed by atoms with Crippen molar-refractivity contribution >= 4 is 22.2 Å². The van der Waals surface area contributed by atoms with Crippen LogP contribution in [0, 0.1) is 6.92 Å². The normalized spacial score (nSPS) is 9.83. The molecule has 1 aromatic heterocycles. The van der Waals surface area contributed by atoms with E-state index in [-0.39, 0.29) is 5.91 Å². The molecule has 0 aliphatic rings. The summed E-state index contributed by atoms with van der Waals surface area (Å²) in [6, 6.07) is 0. The van der Waals surface area contributed by atoms with Crippen molar-refractivity contribution < 1.29 is 4.79 Å². The highest BCUT2D eigenvalue weighted by molar-refractivity contribution is 7.15. The van der Waals surface area contributed by atoms with Crippen LogP contribution in [0.15, 0.2) is 6.20 Å². The van der Waals surface area contributed by atoms with E-state index in [2.05, 4.69) is 10.3 Å². The Morgan fingerprint density at radius 3 is 3.00 bits per heavy atom. The van der Waals surface area contributed by atoms with Gasteiger partial charge in [-0.25, -0.2) is 4.98 Å². The van der Waals surface area contributed by atoms with Gasteiger partial charge in [0.05, 0.1) is 11.2 Å². The van der Waals surface area contributed by atoms with Gasteiger partial charge in [-0.2, -0.15) is 0 Å². The van der Waals surface area contributed by atoms with E-state index in [0.717, 1.165) is 16.4 Å². The second-order valence-corrected chi connectivity index (χ2v) is 3.78. The van der Waals surface area contributed by atoms with E-state index in [4.69, 9.17) is 0 Å². The van der Waals surface area contributed by atoms with Gasteiger partial charge in [0.2, 0.25) is 5.91 Å². The Morgan fingerprint density at radius 1 is 1.75 bits per heavy atom. The van der Waals surface area contributed by atoms with Gasteiger partial charge in [0.1, 0.15) is 5.00 Å². The lowest BCUT2D eigenvalue weighted by Gasteiger charge is -1.97. The Morgan fingerprint density at radius 2 is 2.50 bits per heavy atom. The van der Waals surface area contributed by atoms with Crippen molar-refractivity contribution in [3.8, 4) is 0 Å². The van der Waals surface area contributed by atoms with Crippen LogP contribution in [0.4, 0.5) is 5.00 Å². The van der Waals surface area contributed by atoms with Gasteiger partial charge in [-0.15, -0.1) is 11.3 Å². The van der Waals surface area contributed by atoms with Crippen molar-refractivity contribution in [2.24, 2.45) is 0 Å². The number of thiazole rings is 1. The highest BCUT2D eigenvalue weighted by Crippen LogP contribution is 2.17. The summed E-state index contributed by atoms with van der Waals surface area (Å²) in [5.74, 6) is 0.0705. The minimum atomic E-state index is 0.0705. The molecule has 3 nitrogen and oxygen atoms in total. The molecule has 0 unspecified atom stereocenters. The first-order valence-corrected chi connectivity index (χ1v) is 4.76. The summed E-state index contributed by atoms with van der Waals surface area (Å²) < 4.78 is 0. The number of hydrogen-bond acceptors (Lipinski definition) is 3. The van der Waals surface area contributed by atoms with Gasteiger partial charge in [-0.1, -0.05) is 6.92 Å². The Hall–Kier alpha value is -0.900. The van der Waals surface area contributed by atoms with Gasteiger partial charge in [0.15, 0.2) is 0 Å². The summed E-state index contributed by atoms with van der Waals surface area (Å²) in [4.78, 5) is 15.1. The Kier molecular flexibility index (Phi) is 3.22. The molecular formula is C8H12N2OS. The largest absolute Gasteiger partial charge is 0.316 e. The van der Waals surface area contributed by atoms with E-state index in [1.807, 2.05) is 13.8 Å². The molecule has 0 bridgehead atoms. The van der Waals surface area contributed by atoms with E-state index in [9.17, 15) is 4.79 Å². The molecule has 4 heteroatoms. The molecule has 1 N–H and O–H groups in total. The molecule has 1 aromatic rings. The summed E-state index contributed by atoms with van der Waals surface area (Å²) in [7, 11) is 0. The second kappa shape index (κ2) is 4.21. The fourth-order valence-corrected chi connectivity index (χ4v) is 1.54. The molecule has 1 heterocycles. The average molecular weight is 184 g/mol. The molecule has 0 saturated heterocycles. The minimum absolute atomic E-state index is 0.0705. The van der Waals surface area contributed by atoms with Crippen molar-refractivity contribution in [2.75, 3.05) is 5.32 Å². The first-order chi connectivity index (χ1) is 5.72. The number of rotatable bonds is 3. The SMILES string of the molecule is CCCC(=O)Nc1cnc(C)s1. The zero-order chi connectivity index (χ0) is 8.97. The van der Waals surface area contributed by atoms with Gasteiger partial charge in [0.25, 0.3) is 0 Å². The lowest BCUT2D eigenvalue weighted by molar-refractivity contribution is -0.116. The maximum absolute atomic E-state index is 11.1. The number of anilines is 1. The molecule has 0 spiro atoms. The third-order valence-corrected chi connectivity index (χ3v) is 2.19. The van der Waals surface area contributed by atoms with Gasteiger partial charge >= 0.3 is 0 Å². The van der Waals surface area contributed by atoms with E-state index in [0.29, 0.717) is 6.42 Å². The molecule has 12 heavy (non-hydrogen) atoms. The standard InChI is InChI=1S/C8H12N2OS/c1-3-4-7(11)10-8-5-9-6(2)12-8/h5H,3-4H2,1-2H3,(H,10,11). The first kappa shape index (κ1) is 9.19. The molecule has 0 atom stereocenters. The first-order valence-electron chi connectivity index (χ1n) is 3.94. The topological polar surface area (TPSA) is 42.0 Å². The van der Waals surface area contributed by atoms with Gasteiger partial charge in [-0.3, -0.25) is 4.79 Å². The molecule has 0 aromatic carbocycles. The molecule has 1 amide bonds. The summed E-state index contributed by atoms with van der Waals surface area (Å²) in [6.45, 7) is 3.90. The molecule has 0 saturated carbocycles. The van der Waals surface area contributed by atoms with Crippen LogP contribution < -0.4 is 5.32 Å². The fourth-order valence-electron chi connectivity index (χ4n) is 0.846. The lowest BCUT2D eigenvalue weighted by Crippen LogP contribution is -2.09. The van der Waals surface area contributed by atoms with Gasteiger partial charge < -0.3 is 5.32 Å². The van der Waals surface area contributed by atoms with Crippen molar-refractivity contribution in [2.45, 2.75) is 26.7 Å². The summed E-state index contributed by atoms with van der Waals surface area (Å²) in [6.07, 6.45) is 3.15. The van der Waals surface area contributed by atoms with E-state index in [1.165, 1.54) is 11.3 Å². The van der Waals surface area contributed by atoms with E-state index < -0.39 is 0 Å². The van der Waals surface area contributed by atoms with Crippen LogP contribution in [-0.4, -0.2) is 10.9 Å². The van der Waals surface area contributed by atoms with Crippen LogP contribution in [0.5, 0.6) is 0 Å². The van der Waals surface area contributed by atoms with Crippen molar-refractivity contribution in [1.82, 2.24) is 4.98 Å². The Bertz CT molecular complexity index is 270. The smallest absolute Gasteiger partial charge is 0.225 e. The number of aryl methyl sites for hydroxylation is 1. The predicted molar refractivity (Wildman–Crippen MR) is 50.4 cm³/mol. The highest BCUT2D eigenvalue weighted by Gasteiger charge is 2.02. The van der Waals surface area contributed by atoms with E-state index >= 15 is 0 Å². The zero-order valence-corrected chi connectivity index (χ0v) is 8.07. The predicted octanol–water partition coefficient (Wildman–Crippen LogP) is 2.19. The maximum Gasteiger partial charge on any atom is 0.225 e. The number of amides is 1. The van der Waals surface area contributed by atoms with Crippen LogP contribution in [0.25, 0.3) is 0 Å². The molecule has 0 radical (unpaired) electrons. The van der Waals surface area contributed by atoms with Crippen molar-refractivity contribution in [3.63, 3.8) is 0 Å². The molecular weight excluding hydrogens is 172 g/mol. The van der Waals surface area contributed by atoms with Crippen LogP contribution in [-0.2, 0) is 4.79 Å². The van der Waals surface area contributed by atoms with Crippen LogP contribution >= 0.6 is 11.3 Å². The number of hydrogen-bond donors (Lipinski definition) is 1. The monoisotopic (exact) mass is 184 g/mol. The van der Waals surface area contributed by atoms with Crippen LogP contribution in [0.1, 0.15) is 24.8 Å². The third kappa shape index (κ3) is 2.62. The zero-order valence-electron chi connectivity index (χ0n) is 7.26. The number of carbonyl (C=O) groups is 1. The number of aromatic nitrogens is 1. The van der Waals surface area contributed by atoms with Crippen molar-refractivity contribution in [1.29, 1.82) is 0 Å². The highest BCUT2D eigenvalue weighted by atomic mass is 32.1. The summed E-state index contributed by atoms with van der Waals surface area (Å²) in [5, 5.41) is 4.59. The Balaban J connectivity index is 2.46. The van der Waals surface area contributed by atoms with Gasteiger partial charge in [-0.05, 0) is 13.3 Å². The third-order valence-electron chi connectivity index (χ3n) is 1.36. The number of nitrogens with one attached hydrogen (secondary N) is 1. The summed E-state index contributed by atoms with van der Waals surface area (Å²) >= 11 is 1.50. The van der Waals surface area contributed by atoms with Crippen LogP contribution in [0.3, 0.4) is 0 Å². The lowest BCUT2D eigenvalue weighted by atomic mass is 10.3. The van der Waals surface area contributed by atoms with Crippen LogP contribution in [0.2, 0.25) is 0 Å².